The van der Waals surface area contributed by atoms with Crippen LogP contribution in [0.2, 0.25) is 0 Å². The number of hydrogen-bond donors (Lipinski definition) is 0. The molecule has 0 aliphatic heterocycles. The second-order valence-corrected chi connectivity index (χ2v) is 13.9. The Hall–Kier alpha value is -3.21. The summed E-state index contributed by atoms with van der Waals surface area (Å²) < 4.78 is 11.4. The number of ether oxygens (including phenoxy) is 2. The fourth-order valence-electron chi connectivity index (χ4n) is 3.60. The lowest BCUT2D eigenvalue weighted by Gasteiger charge is -2.29. The summed E-state index contributed by atoms with van der Waals surface area (Å²) in [5, 5.41) is 0. The number of para-hydroxylation sites is 1. The first-order valence-corrected chi connectivity index (χ1v) is 14.2. The quantitative estimate of drug-likeness (QED) is 0.103. The molecule has 40 heavy (non-hydrogen) atoms. The number of allylic oxidation sites excluding steroid dienone is 1. The maximum atomic E-state index is 14.0. The zero-order valence-electron chi connectivity index (χ0n) is 26.6. The second kappa shape index (κ2) is 12.1. The van der Waals surface area contributed by atoms with Crippen molar-refractivity contribution in [1.29, 1.82) is 0 Å². The van der Waals surface area contributed by atoms with Gasteiger partial charge in [0.1, 0.15) is 5.75 Å². The van der Waals surface area contributed by atoms with Crippen molar-refractivity contribution in [2.24, 2.45) is 10.8 Å². The lowest BCUT2D eigenvalue weighted by Crippen LogP contribution is -2.27. The summed E-state index contributed by atoms with van der Waals surface area (Å²) in [6, 6.07) is 12.9. The van der Waals surface area contributed by atoms with E-state index in [-0.39, 0.29) is 27.9 Å². The number of ketones is 1. The SMILES string of the molecule is CCC(C)(C)c1cc(C=C(OC(=O)C(C)(C)C)C(=O)c2ccccc2OC(=O)C(C)(C)C)cc(C(C)(C)CC)c1. The molecule has 0 saturated carbocycles. The monoisotopic (exact) mass is 548 g/mol. The smallest absolute Gasteiger partial charge is 0.316 e. The van der Waals surface area contributed by atoms with E-state index in [0.717, 1.165) is 29.5 Å². The summed E-state index contributed by atoms with van der Waals surface area (Å²) in [7, 11) is 0. The summed E-state index contributed by atoms with van der Waals surface area (Å²) in [5.41, 5.74) is 1.42. The molecule has 0 radical (unpaired) electrons. The Bertz CT molecular complexity index is 1250. The minimum atomic E-state index is -0.834. The van der Waals surface area contributed by atoms with Gasteiger partial charge in [-0.3, -0.25) is 14.4 Å². The molecule has 0 unspecified atom stereocenters. The van der Waals surface area contributed by atoms with E-state index in [2.05, 4.69) is 59.7 Å². The van der Waals surface area contributed by atoms with Gasteiger partial charge in [0.25, 0.3) is 0 Å². The third-order valence-electron chi connectivity index (χ3n) is 7.57. The zero-order chi connectivity index (χ0) is 30.7. The fourth-order valence-corrected chi connectivity index (χ4v) is 3.60. The number of carbonyl (C=O) groups is 3. The zero-order valence-corrected chi connectivity index (χ0v) is 26.6. The molecule has 0 spiro atoms. The summed E-state index contributed by atoms with van der Waals surface area (Å²) in [4.78, 5) is 39.7. The predicted octanol–water partition coefficient (Wildman–Crippen LogP) is 8.83. The Labute approximate surface area is 241 Å². The van der Waals surface area contributed by atoms with Crippen molar-refractivity contribution >= 4 is 23.8 Å². The molecule has 0 saturated heterocycles. The highest BCUT2D eigenvalue weighted by molar-refractivity contribution is 6.13. The fraction of sp³-hybridized carbons (Fsp3) is 0.514. The van der Waals surface area contributed by atoms with Gasteiger partial charge < -0.3 is 9.47 Å². The van der Waals surface area contributed by atoms with E-state index in [1.54, 1.807) is 71.9 Å². The number of esters is 2. The van der Waals surface area contributed by atoms with Crippen LogP contribution in [-0.4, -0.2) is 17.7 Å². The Kier molecular flexibility index (Phi) is 10.00. The number of carbonyl (C=O) groups excluding carboxylic acids is 3. The molecule has 0 aliphatic carbocycles. The van der Waals surface area contributed by atoms with Gasteiger partial charge in [-0.1, -0.05) is 71.9 Å². The normalized spacial score (nSPS) is 13.2. The van der Waals surface area contributed by atoms with Gasteiger partial charge in [0, 0.05) is 0 Å². The number of Topliss-reactive ketones (excluding diaryl/α,β-unsaturated/α-hetero) is 1. The standard InChI is InChI=1S/C35H48O5/c1-13-34(9,10)24-19-23(20-25(22-24)35(11,12)14-2)21-28(40-31(38)33(6,7)8)29(36)26-17-15-16-18-27(26)39-30(37)32(3,4)5/h15-22H,13-14H2,1-12H3. The van der Waals surface area contributed by atoms with Gasteiger partial charge in [-0.2, -0.15) is 0 Å². The molecule has 0 aliphatic rings. The highest BCUT2D eigenvalue weighted by Crippen LogP contribution is 2.35. The lowest BCUT2D eigenvalue weighted by atomic mass is 9.75. The van der Waals surface area contributed by atoms with Gasteiger partial charge in [0.05, 0.1) is 16.4 Å². The van der Waals surface area contributed by atoms with Crippen molar-refractivity contribution in [1.82, 2.24) is 0 Å². The molecule has 0 bridgehead atoms. The van der Waals surface area contributed by atoms with E-state index in [4.69, 9.17) is 9.47 Å². The highest BCUT2D eigenvalue weighted by Gasteiger charge is 2.31. The van der Waals surface area contributed by atoms with Crippen LogP contribution in [0.1, 0.15) is 123 Å². The molecule has 0 amide bonds. The van der Waals surface area contributed by atoms with Crippen molar-refractivity contribution in [3.63, 3.8) is 0 Å². The third-order valence-corrected chi connectivity index (χ3v) is 7.57. The average Bonchev–Trinajstić information content (AvgIpc) is 2.86. The van der Waals surface area contributed by atoms with Gasteiger partial charge in [0.2, 0.25) is 5.78 Å². The van der Waals surface area contributed by atoms with Crippen LogP contribution in [0.3, 0.4) is 0 Å². The van der Waals surface area contributed by atoms with E-state index in [1.807, 2.05) is 0 Å². The lowest BCUT2D eigenvalue weighted by molar-refractivity contribution is -0.148. The number of hydrogen-bond acceptors (Lipinski definition) is 5. The van der Waals surface area contributed by atoms with Crippen LogP contribution >= 0.6 is 0 Å². The minimum Gasteiger partial charge on any atom is -0.425 e. The van der Waals surface area contributed by atoms with Crippen molar-refractivity contribution < 1.29 is 23.9 Å². The summed E-state index contributed by atoms with van der Waals surface area (Å²) in [6.07, 6.45) is 3.51. The minimum absolute atomic E-state index is 0.0948. The van der Waals surface area contributed by atoms with Gasteiger partial charge in [-0.25, -0.2) is 0 Å². The van der Waals surface area contributed by atoms with Crippen LogP contribution in [-0.2, 0) is 25.2 Å². The molecule has 0 fully saturated rings. The molecule has 2 rings (SSSR count). The van der Waals surface area contributed by atoms with Crippen molar-refractivity contribution in [3.8, 4) is 5.75 Å². The maximum absolute atomic E-state index is 14.0. The molecule has 2 aromatic rings. The van der Waals surface area contributed by atoms with Gasteiger partial charge in [-0.05, 0) is 100 Å². The molecule has 0 N–H and O–H groups in total. The van der Waals surface area contributed by atoms with Crippen molar-refractivity contribution in [2.45, 2.75) is 107 Å². The molecular formula is C35H48O5. The van der Waals surface area contributed by atoms with Crippen LogP contribution < -0.4 is 4.74 Å². The van der Waals surface area contributed by atoms with Crippen LogP contribution in [0.15, 0.2) is 48.2 Å². The highest BCUT2D eigenvalue weighted by atomic mass is 16.5. The molecule has 0 aromatic heterocycles. The van der Waals surface area contributed by atoms with Crippen LogP contribution in [0.25, 0.3) is 6.08 Å². The van der Waals surface area contributed by atoms with E-state index in [9.17, 15) is 14.4 Å². The second-order valence-electron chi connectivity index (χ2n) is 13.9. The van der Waals surface area contributed by atoms with E-state index < -0.39 is 28.6 Å². The van der Waals surface area contributed by atoms with Gasteiger partial charge >= 0.3 is 11.9 Å². The molecule has 2 aromatic carbocycles. The van der Waals surface area contributed by atoms with Crippen molar-refractivity contribution in [2.75, 3.05) is 0 Å². The van der Waals surface area contributed by atoms with Crippen LogP contribution in [0.4, 0.5) is 0 Å². The van der Waals surface area contributed by atoms with E-state index in [1.165, 1.54) is 0 Å². The molecule has 5 heteroatoms. The molecule has 0 heterocycles. The van der Waals surface area contributed by atoms with E-state index in [0.29, 0.717) is 0 Å². The maximum Gasteiger partial charge on any atom is 0.316 e. The first-order valence-electron chi connectivity index (χ1n) is 14.2. The molecule has 218 valence electrons. The third kappa shape index (κ3) is 8.16. The van der Waals surface area contributed by atoms with Gasteiger partial charge in [0.15, 0.2) is 5.76 Å². The summed E-state index contributed by atoms with van der Waals surface area (Å²) >= 11 is 0. The largest absolute Gasteiger partial charge is 0.425 e. The van der Waals surface area contributed by atoms with E-state index >= 15 is 0 Å². The summed E-state index contributed by atoms with van der Waals surface area (Å²) in [6.45, 7) is 23.6. The Morgan fingerprint density at radius 3 is 1.62 bits per heavy atom. The average molecular weight is 549 g/mol. The molecule has 0 atom stereocenters. The summed E-state index contributed by atoms with van der Waals surface area (Å²) in [5.74, 6) is -1.53. The Morgan fingerprint density at radius 2 is 1.18 bits per heavy atom. The topological polar surface area (TPSA) is 69.7 Å². The molecule has 5 nitrogen and oxygen atoms in total. The van der Waals surface area contributed by atoms with Crippen LogP contribution in [0, 0.1) is 10.8 Å². The first kappa shape index (κ1) is 33.0. The number of benzene rings is 2. The van der Waals surface area contributed by atoms with Crippen LogP contribution in [0.5, 0.6) is 5.75 Å². The predicted molar refractivity (Wildman–Crippen MR) is 162 cm³/mol. The first-order chi connectivity index (χ1) is 18.2. The van der Waals surface area contributed by atoms with Gasteiger partial charge in [-0.15, -0.1) is 0 Å². The number of rotatable bonds is 9. The Balaban J connectivity index is 2.78. The Morgan fingerprint density at radius 1 is 0.700 bits per heavy atom. The molecular weight excluding hydrogens is 500 g/mol. The van der Waals surface area contributed by atoms with Crippen molar-refractivity contribution in [3.05, 3.63) is 70.5 Å².